The van der Waals surface area contributed by atoms with Crippen LogP contribution in [-0.2, 0) is 0 Å². The van der Waals surface area contributed by atoms with Gasteiger partial charge < -0.3 is 5.73 Å². The number of halogens is 2. The number of nitrogens with two attached hydrogens (primary N) is 1. The van der Waals surface area contributed by atoms with Gasteiger partial charge in [0.1, 0.15) is 5.82 Å². The van der Waals surface area contributed by atoms with Crippen molar-refractivity contribution in [1.82, 2.24) is 0 Å². The monoisotopic (exact) mass is 212 g/mol. The third-order valence-electron chi connectivity index (χ3n) is 1.65. The zero-order valence-corrected chi connectivity index (χ0v) is 7.81. The molecule has 0 bridgehead atoms. The van der Waals surface area contributed by atoms with Crippen molar-refractivity contribution in [3.8, 4) is 6.07 Å². The number of benzene rings is 1. The smallest absolute Gasteiger partial charge is 0.182 e. The van der Waals surface area contributed by atoms with E-state index < -0.39 is 11.6 Å². The Bertz CT molecular complexity index is 402. The number of anilines is 1. The van der Waals surface area contributed by atoms with Crippen LogP contribution in [0.25, 0.3) is 0 Å². The third kappa shape index (κ3) is 1.83. The largest absolute Gasteiger partial charge is 0.398 e. The first-order valence-electron chi connectivity index (χ1n) is 3.68. The molecule has 0 amide bonds. The van der Waals surface area contributed by atoms with Gasteiger partial charge in [-0.25, -0.2) is 4.39 Å². The molecule has 0 saturated heterocycles. The Balaban J connectivity index is 3.34. The molecule has 0 unspecified atom stereocenters. The fraction of sp³-hybridized carbons (Fsp3) is 0.111. The second-order valence-corrected chi connectivity index (χ2v) is 2.86. The van der Waals surface area contributed by atoms with Crippen LogP contribution in [-0.4, -0.2) is 11.7 Å². The van der Waals surface area contributed by atoms with E-state index in [1.54, 1.807) is 6.07 Å². The zero-order valence-electron chi connectivity index (χ0n) is 7.05. The highest BCUT2D eigenvalue weighted by Crippen LogP contribution is 2.19. The third-order valence-corrected chi connectivity index (χ3v) is 1.89. The molecule has 5 heteroatoms. The molecule has 72 valence electrons. The molecule has 0 fully saturated rings. The minimum Gasteiger partial charge on any atom is -0.398 e. The number of Topliss-reactive ketones (excluding diaryl/α,β-unsaturated/α-hetero) is 1. The predicted octanol–water partition coefficient (Wildman–Crippen LogP) is 1.70. The quantitative estimate of drug-likeness (QED) is 0.461. The van der Waals surface area contributed by atoms with Crippen LogP contribution in [0.2, 0.25) is 0 Å². The number of hydrogen-bond donors (Lipinski definition) is 1. The second-order valence-electron chi connectivity index (χ2n) is 2.59. The lowest BCUT2D eigenvalue weighted by Gasteiger charge is -2.04. The molecule has 3 nitrogen and oxygen atoms in total. The number of rotatable bonds is 2. The van der Waals surface area contributed by atoms with Crippen LogP contribution in [0.15, 0.2) is 12.1 Å². The number of nitrogen functional groups attached to an aromatic ring is 1. The molecule has 0 radical (unpaired) electrons. The van der Waals surface area contributed by atoms with Gasteiger partial charge in [0.2, 0.25) is 0 Å². The van der Waals surface area contributed by atoms with Crippen molar-refractivity contribution >= 4 is 23.1 Å². The van der Waals surface area contributed by atoms with Gasteiger partial charge in [0.15, 0.2) is 5.78 Å². The predicted molar refractivity (Wildman–Crippen MR) is 50.6 cm³/mol. The summed E-state index contributed by atoms with van der Waals surface area (Å²) in [5.41, 5.74) is 5.17. The summed E-state index contributed by atoms with van der Waals surface area (Å²) in [6.45, 7) is 0. The normalized spacial score (nSPS) is 9.50. The Labute approximate surface area is 84.9 Å². The maximum atomic E-state index is 13.2. The van der Waals surface area contributed by atoms with Crippen molar-refractivity contribution in [1.29, 1.82) is 5.26 Å². The highest BCUT2D eigenvalue weighted by Gasteiger charge is 2.15. The van der Waals surface area contributed by atoms with Gasteiger partial charge in [-0.1, -0.05) is 0 Å². The molecule has 2 N–H and O–H groups in total. The molecule has 0 atom stereocenters. The Morgan fingerprint density at radius 1 is 1.64 bits per heavy atom. The number of hydrogen-bond acceptors (Lipinski definition) is 3. The lowest BCUT2D eigenvalue weighted by molar-refractivity contribution is 0.101. The number of carbonyl (C=O) groups excluding carboxylic acids is 1. The van der Waals surface area contributed by atoms with Gasteiger partial charge in [-0.3, -0.25) is 4.79 Å². The molecular weight excluding hydrogens is 207 g/mol. The molecule has 0 aromatic heterocycles. The summed E-state index contributed by atoms with van der Waals surface area (Å²) < 4.78 is 13.2. The Morgan fingerprint density at radius 3 is 2.71 bits per heavy atom. The van der Waals surface area contributed by atoms with Crippen LogP contribution >= 0.6 is 11.6 Å². The summed E-state index contributed by atoms with van der Waals surface area (Å²) in [6, 6.07) is 3.92. The minimum absolute atomic E-state index is 0.0628. The molecule has 1 aromatic carbocycles. The average molecular weight is 213 g/mol. The summed E-state index contributed by atoms with van der Waals surface area (Å²) in [5.74, 6) is -1.74. The number of carbonyl (C=O) groups is 1. The first-order valence-corrected chi connectivity index (χ1v) is 4.22. The molecule has 0 aliphatic rings. The molecule has 0 heterocycles. The average Bonchev–Trinajstić information content (AvgIpc) is 2.16. The van der Waals surface area contributed by atoms with Gasteiger partial charge in [-0.05, 0) is 12.1 Å². The summed E-state index contributed by atoms with van der Waals surface area (Å²) in [4.78, 5) is 11.1. The van der Waals surface area contributed by atoms with E-state index >= 15 is 0 Å². The van der Waals surface area contributed by atoms with Crippen LogP contribution in [0.1, 0.15) is 15.9 Å². The van der Waals surface area contributed by atoms with Crippen molar-refractivity contribution in [2.75, 3.05) is 11.6 Å². The summed E-state index contributed by atoms with van der Waals surface area (Å²) in [7, 11) is 0. The summed E-state index contributed by atoms with van der Waals surface area (Å²) in [5, 5.41) is 8.49. The minimum atomic E-state index is -0.813. The summed E-state index contributed by atoms with van der Waals surface area (Å²) >= 11 is 5.27. The standard InChI is InChI=1S/C9H6ClFN2O/c10-3-8(14)9-6(11)1-5(4-12)2-7(9)13/h1-2H,3,13H2. The summed E-state index contributed by atoms with van der Waals surface area (Å²) in [6.07, 6.45) is 0. The van der Waals surface area contributed by atoms with Crippen molar-refractivity contribution in [2.45, 2.75) is 0 Å². The highest BCUT2D eigenvalue weighted by atomic mass is 35.5. The fourth-order valence-electron chi connectivity index (χ4n) is 1.05. The molecule has 0 saturated carbocycles. The molecular formula is C9H6ClFN2O. The lowest BCUT2D eigenvalue weighted by Crippen LogP contribution is -2.08. The highest BCUT2D eigenvalue weighted by molar-refractivity contribution is 6.31. The Kier molecular flexibility index (Phi) is 3.05. The molecule has 0 aliphatic carbocycles. The lowest BCUT2D eigenvalue weighted by atomic mass is 10.1. The van der Waals surface area contributed by atoms with E-state index in [-0.39, 0.29) is 22.7 Å². The van der Waals surface area contributed by atoms with E-state index in [0.717, 1.165) is 6.07 Å². The Hall–Kier alpha value is -1.60. The van der Waals surface area contributed by atoms with Gasteiger partial charge in [-0.15, -0.1) is 11.6 Å². The topological polar surface area (TPSA) is 66.9 Å². The van der Waals surface area contributed by atoms with E-state index in [9.17, 15) is 9.18 Å². The number of nitrogens with zero attached hydrogens (tertiary/aromatic N) is 1. The molecule has 14 heavy (non-hydrogen) atoms. The van der Waals surface area contributed by atoms with Gasteiger partial charge >= 0.3 is 0 Å². The van der Waals surface area contributed by atoms with E-state index in [1.165, 1.54) is 6.07 Å². The van der Waals surface area contributed by atoms with Crippen molar-refractivity contribution in [3.05, 3.63) is 29.1 Å². The second kappa shape index (κ2) is 4.07. The van der Waals surface area contributed by atoms with E-state index in [1.807, 2.05) is 0 Å². The van der Waals surface area contributed by atoms with E-state index in [4.69, 9.17) is 22.6 Å². The van der Waals surface area contributed by atoms with Crippen molar-refractivity contribution in [3.63, 3.8) is 0 Å². The molecule has 0 aliphatic heterocycles. The van der Waals surface area contributed by atoms with Crippen LogP contribution in [0.5, 0.6) is 0 Å². The number of ketones is 1. The van der Waals surface area contributed by atoms with Gasteiger partial charge in [-0.2, -0.15) is 5.26 Å². The van der Waals surface area contributed by atoms with Crippen LogP contribution in [0, 0.1) is 17.1 Å². The van der Waals surface area contributed by atoms with E-state index in [2.05, 4.69) is 0 Å². The van der Waals surface area contributed by atoms with E-state index in [0.29, 0.717) is 0 Å². The Morgan fingerprint density at radius 2 is 2.29 bits per heavy atom. The first kappa shape index (κ1) is 10.5. The maximum Gasteiger partial charge on any atom is 0.182 e. The SMILES string of the molecule is N#Cc1cc(N)c(C(=O)CCl)c(F)c1. The zero-order chi connectivity index (χ0) is 10.7. The fourth-order valence-corrected chi connectivity index (χ4v) is 1.19. The van der Waals surface area contributed by atoms with Crippen LogP contribution in [0.3, 0.4) is 0 Å². The number of nitriles is 1. The molecule has 1 rings (SSSR count). The number of alkyl halides is 1. The van der Waals surface area contributed by atoms with Crippen LogP contribution in [0.4, 0.5) is 10.1 Å². The molecule has 1 aromatic rings. The maximum absolute atomic E-state index is 13.2. The van der Waals surface area contributed by atoms with Gasteiger partial charge in [0, 0.05) is 5.69 Å². The van der Waals surface area contributed by atoms with Crippen molar-refractivity contribution < 1.29 is 9.18 Å². The molecule has 0 spiro atoms. The van der Waals surface area contributed by atoms with Crippen molar-refractivity contribution in [2.24, 2.45) is 0 Å². The van der Waals surface area contributed by atoms with Gasteiger partial charge in [0.25, 0.3) is 0 Å². The van der Waals surface area contributed by atoms with Gasteiger partial charge in [0.05, 0.1) is 23.1 Å². The van der Waals surface area contributed by atoms with Crippen LogP contribution < -0.4 is 5.73 Å². The first-order chi connectivity index (χ1) is 6.60.